The van der Waals surface area contributed by atoms with Crippen molar-refractivity contribution >= 4 is 40.4 Å². The van der Waals surface area contributed by atoms with Gasteiger partial charge < -0.3 is 14.5 Å². The van der Waals surface area contributed by atoms with Gasteiger partial charge >= 0.3 is 12.0 Å². The zero-order chi connectivity index (χ0) is 23.2. The average molecular weight is 464 g/mol. The molecule has 0 aliphatic heterocycles. The minimum atomic E-state index is -0.773. The lowest BCUT2D eigenvalue weighted by molar-refractivity contribution is -0.123. The zero-order valence-electron chi connectivity index (χ0n) is 17.2. The molecule has 2 heterocycles. The van der Waals surface area contributed by atoms with Crippen LogP contribution in [0.3, 0.4) is 0 Å². The molecular weight excluding hydrogens is 446 g/mol. The van der Waals surface area contributed by atoms with Crippen molar-refractivity contribution in [2.45, 2.75) is 6.54 Å². The molecule has 9 heteroatoms. The van der Waals surface area contributed by atoms with Crippen LogP contribution in [0.5, 0.6) is 0 Å². The molecule has 4 rings (SSSR count). The third-order valence-corrected chi connectivity index (χ3v) is 5.01. The standard InChI is InChI=1S/C24H18ClN3O5/c25-19-9-3-1-8-17(19)21-12-18(16-7-2-4-10-20(16)27-21)23(30)33-14-22(29)28-24(31)26-13-15-6-5-11-32-15/h1-12H,13-14H2,(H2,26,28,29,31). The van der Waals surface area contributed by atoms with Crippen LogP contribution < -0.4 is 10.6 Å². The van der Waals surface area contributed by atoms with Crippen LogP contribution in [0.1, 0.15) is 16.1 Å². The van der Waals surface area contributed by atoms with Crippen LogP contribution in [0, 0.1) is 0 Å². The van der Waals surface area contributed by atoms with Crippen LogP contribution in [-0.4, -0.2) is 29.5 Å². The molecule has 0 unspecified atom stereocenters. The highest BCUT2D eigenvalue weighted by Crippen LogP contribution is 2.30. The molecule has 2 aromatic heterocycles. The number of urea groups is 1. The van der Waals surface area contributed by atoms with Gasteiger partial charge in [-0.1, -0.05) is 48.0 Å². The predicted octanol–water partition coefficient (Wildman–Crippen LogP) is 4.33. The quantitative estimate of drug-likeness (QED) is 0.412. The fourth-order valence-corrected chi connectivity index (χ4v) is 3.38. The molecule has 0 spiro atoms. The Balaban J connectivity index is 1.45. The van der Waals surface area contributed by atoms with Crippen LogP contribution in [0.2, 0.25) is 5.02 Å². The number of halogens is 1. The molecule has 0 fully saturated rings. The Kier molecular flexibility index (Phi) is 6.66. The van der Waals surface area contributed by atoms with Crippen molar-refractivity contribution in [1.29, 1.82) is 0 Å². The molecule has 0 radical (unpaired) electrons. The molecule has 2 aromatic carbocycles. The number of para-hydroxylation sites is 1. The molecule has 0 saturated carbocycles. The lowest BCUT2D eigenvalue weighted by Crippen LogP contribution is -2.41. The number of hydrogen-bond acceptors (Lipinski definition) is 6. The highest BCUT2D eigenvalue weighted by molar-refractivity contribution is 6.33. The summed E-state index contributed by atoms with van der Waals surface area (Å²) in [5.74, 6) is -0.971. The van der Waals surface area contributed by atoms with Gasteiger partial charge in [-0.2, -0.15) is 0 Å². The average Bonchev–Trinajstić information content (AvgIpc) is 3.34. The van der Waals surface area contributed by atoms with E-state index in [1.165, 1.54) is 6.26 Å². The van der Waals surface area contributed by atoms with Gasteiger partial charge in [-0.25, -0.2) is 14.6 Å². The van der Waals surface area contributed by atoms with E-state index in [2.05, 4.69) is 15.6 Å². The van der Waals surface area contributed by atoms with Crippen molar-refractivity contribution in [3.8, 4) is 11.3 Å². The highest BCUT2D eigenvalue weighted by atomic mass is 35.5. The third-order valence-electron chi connectivity index (χ3n) is 4.68. The fourth-order valence-electron chi connectivity index (χ4n) is 3.15. The monoisotopic (exact) mass is 463 g/mol. The third kappa shape index (κ3) is 5.36. The lowest BCUT2D eigenvalue weighted by atomic mass is 10.0. The number of pyridine rings is 1. The zero-order valence-corrected chi connectivity index (χ0v) is 18.0. The molecule has 4 aromatic rings. The van der Waals surface area contributed by atoms with Gasteiger partial charge in [0, 0.05) is 16.0 Å². The largest absolute Gasteiger partial charge is 0.467 e. The SMILES string of the molecule is O=C(COC(=O)c1cc(-c2ccccc2Cl)nc2ccccc12)NC(=O)NCc1ccco1. The molecule has 33 heavy (non-hydrogen) atoms. The number of imide groups is 1. The van der Waals surface area contributed by atoms with E-state index in [0.29, 0.717) is 32.9 Å². The molecule has 8 nitrogen and oxygen atoms in total. The van der Waals surface area contributed by atoms with Gasteiger partial charge in [0.15, 0.2) is 6.61 Å². The fraction of sp³-hybridized carbons (Fsp3) is 0.0833. The van der Waals surface area contributed by atoms with E-state index in [1.54, 1.807) is 60.7 Å². The Morgan fingerprint density at radius 3 is 2.58 bits per heavy atom. The van der Waals surface area contributed by atoms with Crippen LogP contribution in [0.25, 0.3) is 22.2 Å². The smallest absolute Gasteiger partial charge is 0.339 e. The Bertz CT molecular complexity index is 1320. The topological polar surface area (TPSA) is 111 Å². The first kappa shape index (κ1) is 22.0. The normalized spacial score (nSPS) is 10.6. The molecular formula is C24H18ClN3O5. The van der Waals surface area contributed by atoms with E-state index in [1.807, 2.05) is 6.07 Å². The van der Waals surface area contributed by atoms with Gasteiger partial charge in [0.2, 0.25) is 0 Å². The number of fused-ring (bicyclic) bond motifs is 1. The Hall–Kier alpha value is -4.17. The number of amides is 3. The molecule has 0 bridgehead atoms. The predicted molar refractivity (Wildman–Crippen MR) is 122 cm³/mol. The number of hydrogen-bond donors (Lipinski definition) is 2. The summed E-state index contributed by atoms with van der Waals surface area (Å²) in [4.78, 5) is 41.3. The van der Waals surface area contributed by atoms with Crippen molar-refractivity contribution in [2.24, 2.45) is 0 Å². The minimum absolute atomic E-state index is 0.111. The maximum absolute atomic E-state index is 12.8. The summed E-state index contributed by atoms with van der Waals surface area (Å²) >= 11 is 6.30. The molecule has 3 amide bonds. The van der Waals surface area contributed by atoms with E-state index in [9.17, 15) is 14.4 Å². The van der Waals surface area contributed by atoms with Gasteiger partial charge in [0.25, 0.3) is 5.91 Å². The summed E-state index contributed by atoms with van der Waals surface area (Å²) < 4.78 is 10.3. The van der Waals surface area contributed by atoms with Gasteiger partial charge in [0.05, 0.1) is 29.6 Å². The van der Waals surface area contributed by atoms with Crippen molar-refractivity contribution in [2.75, 3.05) is 6.61 Å². The summed E-state index contributed by atoms with van der Waals surface area (Å²) in [6.07, 6.45) is 1.47. The van der Waals surface area contributed by atoms with Crippen LogP contribution >= 0.6 is 11.6 Å². The van der Waals surface area contributed by atoms with Gasteiger partial charge in [-0.3, -0.25) is 10.1 Å². The summed E-state index contributed by atoms with van der Waals surface area (Å²) in [6, 6.07) is 18.4. The number of ether oxygens (including phenoxy) is 1. The number of esters is 1. The maximum Gasteiger partial charge on any atom is 0.339 e. The van der Waals surface area contributed by atoms with Crippen molar-refractivity contribution in [3.05, 3.63) is 89.3 Å². The molecule has 0 aliphatic rings. The van der Waals surface area contributed by atoms with E-state index in [4.69, 9.17) is 20.8 Å². The van der Waals surface area contributed by atoms with Crippen LogP contribution in [0.4, 0.5) is 4.79 Å². The second kappa shape index (κ2) is 9.97. The number of carbonyl (C=O) groups is 3. The Morgan fingerprint density at radius 1 is 1.00 bits per heavy atom. The number of rotatable bonds is 6. The molecule has 0 saturated heterocycles. The van der Waals surface area contributed by atoms with E-state index in [0.717, 1.165) is 0 Å². The van der Waals surface area contributed by atoms with E-state index >= 15 is 0 Å². The molecule has 0 atom stereocenters. The lowest BCUT2D eigenvalue weighted by Gasteiger charge is -2.11. The highest BCUT2D eigenvalue weighted by Gasteiger charge is 2.18. The summed E-state index contributed by atoms with van der Waals surface area (Å²) in [7, 11) is 0. The maximum atomic E-state index is 12.8. The number of carbonyl (C=O) groups excluding carboxylic acids is 3. The summed E-state index contributed by atoms with van der Waals surface area (Å²) in [6.45, 7) is -0.523. The number of benzene rings is 2. The number of furan rings is 1. The second-order valence-corrected chi connectivity index (χ2v) is 7.35. The Labute approximate surface area is 193 Å². The first-order valence-corrected chi connectivity index (χ1v) is 10.3. The van der Waals surface area contributed by atoms with Crippen molar-refractivity contribution in [1.82, 2.24) is 15.6 Å². The van der Waals surface area contributed by atoms with E-state index < -0.39 is 24.5 Å². The first-order chi connectivity index (χ1) is 16.0. The van der Waals surface area contributed by atoms with Crippen molar-refractivity contribution < 1.29 is 23.5 Å². The summed E-state index contributed by atoms with van der Waals surface area (Å²) in [5, 5.41) is 5.61. The molecule has 2 N–H and O–H groups in total. The number of nitrogens with zero attached hydrogens (tertiary/aromatic N) is 1. The van der Waals surface area contributed by atoms with Crippen LogP contribution in [0.15, 0.2) is 77.4 Å². The van der Waals surface area contributed by atoms with Crippen LogP contribution in [-0.2, 0) is 16.1 Å². The molecule has 166 valence electrons. The van der Waals surface area contributed by atoms with Crippen molar-refractivity contribution in [3.63, 3.8) is 0 Å². The minimum Gasteiger partial charge on any atom is -0.467 e. The van der Waals surface area contributed by atoms with Gasteiger partial charge in [-0.15, -0.1) is 0 Å². The molecule has 0 aliphatic carbocycles. The second-order valence-electron chi connectivity index (χ2n) is 6.94. The number of aromatic nitrogens is 1. The van der Waals surface area contributed by atoms with Gasteiger partial charge in [0.1, 0.15) is 5.76 Å². The number of nitrogens with one attached hydrogen (secondary N) is 2. The van der Waals surface area contributed by atoms with E-state index in [-0.39, 0.29) is 12.1 Å². The Morgan fingerprint density at radius 2 is 1.79 bits per heavy atom. The summed E-state index contributed by atoms with van der Waals surface area (Å²) in [5.41, 5.74) is 1.95. The van der Waals surface area contributed by atoms with Gasteiger partial charge in [-0.05, 0) is 30.3 Å². The first-order valence-electron chi connectivity index (χ1n) is 9.93.